The number of fused-ring (bicyclic) bond motifs is 2. The highest BCUT2D eigenvalue weighted by atomic mass is 16.5. The molecule has 0 saturated carbocycles. The average molecular weight is 622 g/mol. The molecule has 2 aromatic heterocycles. The number of rotatable bonds is 9. The molecule has 3 aromatic carbocycles. The number of allylic oxidation sites excluding steroid dienone is 5. The van der Waals surface area contributed by atoms with Crippen LogP contribution in [0, 0.1) is 6.57 Å². The van der Waals surface area contributed by atoms with Gasteiger partial charge in [-0.15, -0.1) is 0 Å². The van der Waals surface area contributed by atoms with Crippen LogP contribution in [0.5, 0.6) is 0 Å². The second kappa shape index (κ2) is 13.5. The van der Waals surface area contributed by atoms with Crippen LogP contribution < -0.4 is 15.4 Å². The highest BCUT2D eigenvalue weighted by molar-refractivity contribution is 5.84. The van der Waals surface area contributed by atoms with Crippen LogP contribution in [0.4, 0.5) is 11.4 Å². The molecule has 0 radical (unpaired) electrons. The molecular formula is C39H35N5O3. The molecule has 0 amide bonds. The van der Waals surface area contributed by atoms with Crippen LogP contribution in [-0.2, 0) is 4.74 Å². The summed E-state index contributed by atoms with van der Waals surface area (Å²) in [5.74, 6) is 1.46. The highest BCUT2D eigenvalue weighted by Crippen LogP contribution is 2.30. The van der Waals surface area contributed by atoms with Crippen molar-refractivity contribution in [2.24, 2.45) is 0 Å². The first-order chi connectivity index (χ1) is 22.8. The van der Waals surface area contributed by atoms with Crippen molar-refractivity contribution in [3.05, 3.63) is 153 Å². The van der Waals surface area contributed by atoms with Gasteiger partial charge in [-0.3, -0.25) is 0 Å². The summed E-state index contributed by atoms with van der Waals surface area (Å²) in [5, 5.41) is 0.810. The lowest BCUT2D eigenvalue weighted by molar-refractivity contribution is 0.332. The van der Waals surface area contributed by atoms with E-state index in [4.69, 9.17) is 15.7 Å². The highest BCUT2D eigenvalue weighted by Gasteiger charge is 2.17. The van der Waals surface area contributed by atoms with Crippen LogP contribution in [0.25, 0.3) is 44.7 Å². The number of hydrogen-bond acceptors (Lipinski definition) is 6. The van der Waals surface area contributed by atoms with E-state index in [9.17, 15) is 4.79 Å². The molecule has 1 N–H and O–H groups in total. The molecule has 8 heteroatoms. The number of imidazole rings is 1. The van der Waals surface area contributed by atoms with E-state index in [0.717, 1.165) is 40.8 Å². The van der Waals surface area contributed by atoms with Gasteiger partial charge in [0.2, 0.25) is 5.70 Å². The molecule has 1 aliphatic rings. The van der Waals surface area contributed by atoms with Gasteiger partial charge in [0.1, 0.15) is 22.9 Å². The molecule has 0 aliphatic carbocycles. The molecule has 0 unspecified atom stereocenters. The first kappa shape index (κ1) is 30.9. The molecule has 6 rings (SSSR count). The molecule has 0 saturated heterocycles. The van der Waals surface area contributed by atoms with E-state index in [1.807, 2.05) is 79.7 Å². The monoisotopic (exact) mass is 621 g/mol. The standard InChI is InChI=1S/C39H35N5O3/c1-6-44(7-2)30-17-12-26(13-18-30)14-20-32-23-29(37(40-3)38-41-34-10-8-9-11-35(34)42-38)24-33(46-32)21-16-28-22-27-15-19-31(43(4)5)25-36(27)47-39(28)45/h8-25H,6-7H2,1-2,4-5H3,(H,41,42)/b20-14+,21-16+,37-29+. The zero-order valence-electron chi connectivity index (χ0n) is 26.8. The summed E-state index contributed by atoms with van der Waals surface area (Å²) in [6.45, 7) is 14.2. The Morgan fingerprint density at radius 3 is 2.28 bits per heavy atom. The van der Waals surface area contributed by atoms with Crippen molar-refractivity contribution in [3.8, 4) is 0 Å². The zero-order valence-corrected chi connectivity index (χ0v) is 26.8. The van der Waals surface area contributed by atoms with Gasteiger partial charge in [-0.1, -0.05) is 30.3 Å². The van der Waals surface area contributed by atoms with Gasteiger partial charge >= 0.3 is 5.63 Å². The Morgan fingerprint density at radius 2 is 1.60 bits per heavy atom. The molecule has 5 aromatic rings. The molecule has 0 spiro atoms. The Hall–Kier alpha value is -6.07. The Morgan fingerprint density at radius 1 is 0.894 bits per heavy atom. The van der Waals surface area contributed by atoms with Gasteiger partial charge in [-0.2, -0.15) is 0 Å². The predicted molar refractivity (Wildman–Crippen MR) is 192 cm³/mol. The van der Waals surface area contributed by atoms with E-state index in [2.05, 4.69) is 57.8 Å². The van der Waals surface area contributed by atoms with E-state index in [1.165, 1.54) is 5.69 Å². The van der Waals surface area contributed by atoms with Gasteiger partial charge in [-0.05, 0) is 97.8 Å². The number of benzene rings is 3. The maximum Gasteiger partial charge on any atom is 0.343 e. The van der Waals surface area contributed by atoms with Crippen LogP contribution in [-0.4, -0.2) is 37.2 Å². The average Bonchev–Trinajstić information content (AvgIpc) is 3.51. The molecule has 0 fully saturated rings. The number of aromatic amines is 1. The van der Waals surface area contributed by atoms with Gasteiger partial charge in [0.05, 0.1) is 23.2 Å². The van der Waals surface area contributed by atoms with Crippen LogP contribution in [0.15, 0.2) is 123 Å². The number of nitrogens with one attached hydrogen (secondary N) is 1. The predicted octanol–water partition coefficient (Wildman–Crippen LogP) is 8.44. The quantitative estimate of drug-likeness (QED) is 0.131. The maximum absolute atomic E-state index is 12.9. The maximum atomic E-state index is 12.9. The Bertz CT molecular complexity index is 2170. The van der Waals surface area contributed by atoms with Gasteiger partial charge in [-0.25, -0.2) is 14.6 Å². The van der Waals surface area contributed by atoms with Crippen molar-refractivity contribution in [1.29, 1.82) is 0 Å². The summed E-state index contributed by atoms with van der Waals surface area (Å²) in [4.78, 5) is 29.0. The number of hydrogen-bond donors (Lipinski definition) is 1. The van der Waals surface area contributed by atoms with E-state index < -0.39 is 5.63 Å². The fourth-order valence-electron chi connectivity index (χ4n) is 5.41. The molecule has 0 bridgehead atoms. The molecule has 47 heavy (non-hydrogen) atoms. The molecule has 0 atom stereocenters. The van der Waals surface area contributed by atoms with Crippen molar-refractivity contribution in [2.45, 2.75) is 13.8 Å². The smallest absolute Gasteiger partial charge is 0.343 e. The largest absolute Gasteiger partial charge is 0.457 e. The fourth-order valence-corrected chi connectivity index (χ4v) is 5.41. The number of para-hydroxylation sites is 2. The molecule has 8 nitrogen and oxygen atoms in total. The number of H-pyrrole nitrogens is 1. The van der Waals surface area contributed by atoms with Crippen molar-refractivity contribution in [3.63, 3.8) is 0 Å². The summed E-state index contributed by atoms with van der Waals surface area (Å²) in [6.07, 6.45) is 10.8. The molecule has 234 valence electrons. The van der Waals surface area contributed by atoms with E-state index >= 15 is 0 Å². The third kappa shape index (κ3) is 6.80. The molecule has 1 aliphatic heterocycles. The van der Waals surface area contributed by atoms with E-state index in [0.29, 0.717) is 39.8 Å². The Labute approximate surface area is 273 Å². The Balaban J connectivity index is 1.36. The summed E-state index contributed by atoms with van der Waals surface area (Å²) in [5.41, 5.74) is 6.17. The minimum absolute atomic E-state index is 0.354. The normalized spacial score (nSPS) is 14.3. The molecular weight excluding hydrogens is 586 g/mol. The third-order valence-electron chi connectivity index (χ3n) is 7.98. The van der Waals surface area contributed by atoms with E-state index in [1.54, 1.807) is 24.3 Å². The summed E-state index contributed by atoms with van der Waals surface area (Å²) in [7, 11) is 3.87. The number of ether oxygens (including phenoxy) is 1. The van der Waals surface area contributed by atoms with Gasteiger partial charge in [0.15, 0.2) is 0 Å². The van der Waals surface area contributed by atoms with Crippen molar-refractivity contribution < 1.29 is 9.15 Å². The number of anilines is 2. The first-order valence-corrected chi connectivity index (χ1v) is 15.5. The van der Waals surface area contributed by atoms with Crippen molar-refractivity contribution in [2.75, 3.05) is 37.0 Å². The van der Waals surface area contributed by atoms with Gasteiger partial charge < -0.3 is 23.9 Å². The van der Waals surface area contributed by atoms with Gasteiger partial charge in [0.25, 0.3) is 0 Å². The fraction of sp³-hybridized carbons (Fsp3) is 0.154. The third-order valence-corrected chi connectivity index (χ3v) is 7.98. The Kier molecular flexibility index (Phi) is 8.89. The molecule has 3 heterocycles. The second-order valence-corrected chi connectivity index (χ2v) is 11.3. The number of nitrogens with zero attached hydrogens (tertiary/aromatic N) is 4. The van der Waals surface area contributed by atoms with Crippen LogP contribution >= 0.6 is 0 Å². The first-order valence-electron chi connectivity index (χ1n) is 15.5. The van der Waals surface area contributed by atoms with Gasteiger partial charge in [0, 0.05) is 50.0 Å². The minimum Gasteiger partial charge on any atom is -0.457 e. The summed E-state index contributed by atoms with van der Waals surface area (Å²) in [6, 6.07) is 23.6. The topological polar surface area (TPSA) is 79.0 Å². The lowest BCUT2D eigenvalue weighted by Crippen LogP contribution is -2.21. The summed E-state index contributed by atoms with van der Waals surface area (Å²) >= 11 is 0. The lowest BCUT2D eigenvalue weighted by Gasteiger charge is -2.20. The SMILES string of the molecule is [C-]#[N+]/C(=C1C=C(/C=C/c2ccc(N(CC)CC)cc2)OC(/C=C/c2cc3ccc(N(C)C)cc3oc2=O)=C\1)c1nc2ccccc2[nH]1. The number of aromatic nitrogens is 2. The van der Waals surface area contributed by atoms with Crippen molar-refractivity contribution >= 4 is 51.2 Å². The van der Waals surface area contributed by atoms with E-state index in [-0.39, 0.29) is 0 Å². The lowest BCUT2D eigenvalue weighted by atomic mass is 10.1. The van der Waals surface area contributed by atoms with Crippen LogP contribution in [0.2, 0.25) is 0 Å². The van der Waals surface area contributed by atoms with Crippen molar-refractivity contribution in [1.82, 2.24) is 9.97 Å². The second-order valence-electron chi connectivity index (χ2n) is 11.3. The minimum atomic E-state index is -0.454. The van der Waals surface area contributed by atoms with Crippen LogP contribution in [0.1, 0.15) is 30.8 Å². The zero-order chi connectivity index (χ0) is 32.9. The summed E-state index contributed by atoms with van der Waals surface area (Å²) < 4.78 is 11.9. The van der Waals surface area contributed by atoms with Crippen LogP contribution in [0.3, 0.4) is 0 Å².